The van der Waals surface area contributed by atoms with Crippen molar-refractivity contribution in [2.24, 2.45) is 0 Å². The molecule has 0 amide bonds. The Morgan fingerprint density at radius 3 is 0.812 bits per heavy atom. The van der Waals surface area contributed by atoms with Crippen molar-refractivity contribution in [3.63, 3.8) is 0 Å². The zero-order valence-corrected chi connectivity index (χ0v) is 15.1. The van der Waals surface area contributed by atoms with Crippen LogP contribution in [-0.4, -0.2) is 62.3 Å². The Hall–Kier alpha value is -0.820. The van der Waals surface area contributed by atoms with E-state index in [1.165, 1.54) is 0 Å². The summed E-state index contributed by atoms with van der Waals surface area (Å²) in [4.78, 5) is 15.7. The summed E-state index contributed by atoms with van der Waals surface area (Å²) in [5, 5.41) is -7.01. The topological polar surface area (TPSA) is 57.5 Å². The molecule has 0 aromatic heterocycles. The van der Waals surface area contributed by atoms with Gasteiger partial charge in [0.05, 0.1) is 0 Å². The van der Waals surface area contributed by atoms with Gasteiger partial charge >= 0.3 is 60.1 Å². The second kappa shape index (κ2) is 7.34. The highest BCUT2D eigenvalue weighted by molar-refractivity contribution is 7.53. The van der Waals surface area contributed by atoms with Crippen LogP contribution in [0.1, 0.15) is 0 Å². The second-order valence-electron chi connectivity index (χ2n) is 5.60. The van der Waals surface area contributed by atoms with Gasteiger partial charge in [-0.1, -0.05) is 0 Å². The lowest BCUT2D eigenvalue weighted by Gasteiger charge is -2.43. The van der Waals surface area contributed by atoms with E-state index in [1.807, 2.05) is 0 Å². The summed E-state index contributed by atoms with van der Waals surface area (Å²) in [5.41, 5.74) is -7.78. The quantitative estimate of drug-likeness (QED) is 0.204. The highest BCUT2D eigenvalue weighted by Gasteiger charge is 2.97. The third kappa shape index (κ3) is 3.60. The van der Waals surface area contributed by atoms with Crippen molar-refractivity contribution in [1.82, 2.24) is 0 Å². The number of alkyl halides is 19. The summed E-state index contributed by atoms with van der Waals surface area (Å²) < 4.78 is 244. The fourth-order valence-electron chi connectivity index (χ4n) is 1.54. The highest BCUT2D eigenvalue weighted by Crippen LogP contribution is 2.69. The molecule has 0 aromatic carbocycles. The second-order valence-corrected chi connectivity index (χ2v) is 7.73. The third-order valence-electron chi connectivity index (χ3n) is 3.47. The molecule has 0 aliphatic rings. The van der Waals surface area contributed by atoms with Gasteiger partial charge in [0.15, 0.2) is 0 Å². The van der Waals surface area contributed by atoms with Gasteiger partial charge in [0.25, 0.3) is 0 Å². The van der Waals surface area contributed by atoms with E-state index < -0.39 is 60.1 Å². The Balaban J connectivity index is 7.03. The number of hydrogen-bond donors (Lipinski definition) is 2. The first-order valence-corrected chi connectivity index (χ1v) is 8.39. The molecule has 0 radical (unpaired) electrons. The number of halogens is 19. The van der Waals surface area contributed by atoms with E-state index in [0.29, 0.717) is 0 Å². The molecule has 0 spiro atoms. The Labute approximate surface area is 166 Å². The summed E-state index contributed by atoms with van der Waals surface area (Å²) in [6.45, 7) is 0. The normalized spacial score (nSPS) is 17.0. The molecule has 0 bridgehead atoms. The monoisotopic (exact) mass is 566 g/mol. The zero-order valence-electron chi connectivity index (χ0n) is 13.4. The molecule has 0 rings (SSSR count). The fraction of sp³-hybridized carbons (Fsp3) is 1.00. The highest BCUT2D eigenvalue weighted by atomic mass is 35.5. The average Bonchev–Trinajstić information content (AvgIpc) is 2.51. The molecule has 2 N–H and O–H groups in total. The van der Waals surface area contributed by atoms with Crippen LogP contribution in [0.5, 0.6) is 0 Å². The Morgan fingerprint density at radius 1 is 0.438 bits per heavy atom. The molecule has 0 atom stereocenters. The van der Waals surface area contributed by atoms with Gasteiger partial charge in [-0.25, -0.2) is 0 Å². The van der Waals surface area contributed by atoms with Crippen LogP contribution >= 0.6 is 19.2 Å². The summed E-state index contributed by atoms with van der Waals surface area (Å²) in [6.07, 6.45) is 0. The molecule has 0 aliphatic carbocycles. The first kappa shape index (κ1) is 31.2. The zero-order chi connectivity index (χ0) is 27.0. The largest absolute Gasteiger partial charge is 0.413 e. The van der Waals surface area contributed by atoms with Crippen LogP contribution in [0, 0.1) is 0 Å². The lowest BCUT2D eigenvalue weighted by atomic mass is 9.89. The maximum absolute atomic E-state index is 13.3. The molecule has 0 fully saturated rings. The molecule has 3 nitrogen and oxygen atoms in total. The minimum absolute atomic E-state index is 3.27. The Morgan fingerprint density at radius 2 is 0.625 bits per heavy atom. The SMILES string of the molecule is O=P(O)(O)C(F)(F)C(F)(F)C(F)(F)C(F)(F)C(F)(F)C(F)(F)C(F)(F)C(F)(F)C(F)(F)Cl. The predicted octanol–water partition coefficient (Wildman–Crippen LogP) is 6.04. The van der Waals surface area contributed by atoms with Crippen molar-refractivity contribution in [2.45, 2.75) is 52.5 Å². The van der Waals surface area contributed by atoms with Crippen LogP contribution in [0.15, 0.2) is 0 Å². The minimum Gasteiger partial charge on any atom is -0.320 e. The van der Waals surface area contributed by atoms with Crippen molar-refractivity contribution in [2.75, 3.05) is 0 Å². The van der Waals surface area contributed by atoms with Crippen molar-refractivity contribution in [3.8, 4) is 0 Å². The maximum atomic E-state index is 13.3. The van der Waals surface area contributed by atoms with Crippen molar-refractivity contribution in [3.05, 3.63) is 0 Å². The van der Waals surface area contributed by atoms with Crippen LogP contribution in [-0.2, 0) is 4.57 Å². The van der Waals surface area contributed by atoms with E-state index >= 15 is 0 Å². The van der Waals surface area contributed by atoms with Gasteiger partial charge in [-0.05, 0) is 11.6 Å². The summed E-state index contributed by atoms with van der Waals surface area (Å²) in [7, 11) is -8.04. The van der Waals surface area contributed by atoms with Crippen molar-refractivity contribution < 1.29 is 93.4 Å². The van der Waals surface area contributed by atoms with Gasteiger partial charge in [-0.2, -0.15) is 79.0 Å². The van der Waals surface area contributed by atoms with Gasteiger partial charge in [0, 0.05) is 0 Å². The van der Waals surface area contributed by atoms with E-state index in [1.54, 1.807) is 0 Å². The first-order valence-electron chi connectivity index (χ1n) is 6.40. The van der Waals surface area contributed by atoms with Crippen molar-refractivity contribution in [1.29, 1.82) is 0 Å². The van der Waals surface area contributed by atoms with E-state index in [2.05, 4.69) is 11.6 Å². The van der Waals surface area contributed by atoms with E-state index in [9.17, 15) is 83.6 Å². The molecule has 32 heavy (non-hydrogen) atoms. The van der Waals surface area contributed by atoms with Crippen LogP contribution in [0.25, 0.3) is 0 Å². The van der Waals surface area contributed by atoms with Gasteiger partial charge in [-0.3, -0.25) is 4.57 Å². The average molecular weight is 567 g/mol. The lowest BCUT2D eigenvalue weighted by molar-refractivity contribution is -0.455. The van der Waals surface area contributed by atoms with E-state index in [4.69, 9.17) is 9.79 Å². The Kier molecular flexibility index (Phi) is 7.15. The van der Waals surface area contributed by atoms with Gasteiger partial charge in [0.2, 0.25) is 0 Å². The van der Waals surface area contributed by atoms with Gasteiger partial charge in [0.1, 0.15) is 0 Å². The fourth-order valence-corrected chi connectivity index (χ4v) is 2.16. The summed E-state index contributed by atoms with van der Waals surface area (Å²) in [6, 6.07) is 0. The third-order valence-corrected chi connectivity index (χ3v) is 4.72. The number of hydrogen-bond acceptors (Lipinski definition) is 1. The molecule has 0 aromatic rings. The Bertz CT molecular complexity index is 766. The molecular weight excluding hydrogens is 564 g/mol. The summed E-state index contributed by atoms with van der Waals surface area (Å²) in [5.74, 6) is -60.8. The van der Waals surface area contributed by atoms with Gasteiger partial charge in [-0.15, -0.1) is 0 Å². The van der Waals surface area contributed by atoms with E-state index in [-0.39, 0.29) is 0 Å². The standard InChI is InChI=1S/C9H2ClF18O3P/c10-8(25,26)6(21,22)4(17,18)2(13,14)1(11,12)3(15,16)5(19,20)7(23,24)9(27,28)32(29,30)31/h(H2,29,30,31). The molecule has 0 saturated heterocycles. The maximum Gasteiger partial charge on any atom is 0.413 e. The molecule has 23 heteroatoms. The molecular formula is C9H2ClF18O3P. The van der Waals surface area contributed by atoms with Crippen LogP contribution in [0.3, 0.4) is 0 Å². The van der Waals surface area contributed by atoms with E-state index in [0.717, 1.165) is 0 Å². The smallest absolute Gasteiger partial charge is 0.320 e. The predicted molar refractivity (Wildman–Crippen MR) is 62.4 cm³/mol. The first-order chi connectivity index (χ1) is 13.2. The lowest BCUT2D eigenvalue weighted by Crippen LogP contribution is -2.75. The molecule has 194 valence electrons. The van der Waals surface area contributed by atoms with Crippen LogP contribution in [0.2, 0.25) is 0 Å². The molecule has 0 aliphatic heterocycles. The van der Waals surface area contributed by atoms with Gasteiger partial charge < -0.3 is 9.79 Å². The summed E-state index contributed by atoms with van der Waals surface area (Å²) >= 11 is 3.27. The van der Waals surface area contributed by atoms with Crippen molar-refractivity contribution >= 4 is 19.2 Å². The van der Waals surface area contributed by atoms with Crippen LogP contribution in [0.4, 0.5) is 79.0 Å². The molecule has 0 saturated carbocycles. The molecule has 0 unspecified atom stereocenters. The molecule has 0 heterocycles. The van der Waals surface area contributed by atoms with Crippen LogP contribution < -0.4 is 0 Å². The minimum atomic E-state index is -9.02. The number of rotatable bonds is 9.